The van der Waals surface area contributed by atoms with Gasteiger partial charge in [0, 0.05) is 6.54 Å². The van der Waals surface area contributed by atoms with Gasteiger partial charge < -0.3 is 11.1 Å². The Balaban J connectivity index is 1.95. The fourth-order valence-corrected chi connectivity index (χ4v) is 2.83. The van der Waals surface area contributed by atoms with Gasteiger partial charge in [-0.3, -0.25) is 4.79 Å². The third kappa shape index (κ3) is 3.60. The van der Waals surface area contributed by atoms with Gasteiger partial charge in [-0.05, 0) is 24.3 Å². The van der Waals surface area contributed by atoms with Crippen LogP contribution >= 0.6 is 11.6 Å². The van der Waals surface area contributed by atoms with E-state index in [0.29, 0.717) is 29.6 Å². The molecule has 19 heavy (non-hydrogen) atoms. The van der Waals surface area contributed by atoms with Gasteiger partial charge in [0.1, 0.15) is 5.15 Å². The normalized spacial score (nSPS) is 23.1. The first-order valence-corrected chi connectivity index (χ1v) is 7.15. The van der Waals surface area contributed by atoms with Crippen molar-refractivity contribution in [3.8, 4) is 0 Å². The van der Waals surface area contributed by atoms with Crippen molar-refractivity contribution in [1.82, 2.24) is 10.3 Å². The Morgan fingerprint density at radius 1 is 1.53 bits per heavy atom. The van der Waals surface area contributed by atoms with Gasteiger partial charge in [-0.15, -0.1) is 0 Å². The van der Waals surface area contributed by atoms with Crippen molar-refractivity contribution in [3.05, 3.63) is 23.0 Å². The zero-order chi connectivity index (χ0) is 13.8. The van der Waals surface area contributed by atoms with Crippen LogP contribution in [0.4, 0.5) is 5.69 Å². The van der Waals surface area contributed by atoms with E-state index >= 15 is 0 Å². The average molecular weight is 282 g/mol. The Morgan fingerprint density at radius 3 is 3.00 bits per heavy atom. The number of carbonyl (C=O) groups is 1. The Kier molecular flexibility index (Phi) is 4.64. The highest BCUT2D eigenvalue weighted by Gasteiger charge is 2.22. The lowest BCUT2D eigenvalue weighted by Crippen LogP contribution is -2.33. The van der Waals surface area contributed by atoms with Crippen LogP contribution in [0, 0.1) is 11.8 Å². The number of nitrogens with one attached hydrogen (secondary N) is 1. The molecule has 104 valence electrons. The van der Waals surface area contributed by atoms with Crippen molar-refractivity contribution >= 4 is 23.2 Å². The molecule has 0 saturated heterocycles. The van der Waals surface area contributed by atoms with Crippen LogP contribution in [-0.2, 0) is 0 Å². The summed E-state index contributed by atoms with van der Waals surface area (Å²) in [6.07, 6.45) is 6.44. The molecule has 1 aromatic heterocycles. The van der Waals surface area contributed by atoms with Gasteiger partial charge in [-0.25, -0.2) is 4.98 Å². The van der Waals surface area contributed by atoms with E-state index in [-0.39, 0.29) is 11.1 Å². The summed E-state index contributed by atoms with van der Waals surface area (Å²) < 4.78 is 0. The topological polar surface area (TPSA) is 68.0 Å². The minimum atomic E-state index is -0.192. The average Bonchev–Trinajstić information content (AvgIpc) is 2.40. The number of nitrogens with zero attached hydrogens (tertiary/aromatic N) is 1. The summed E-state index contributed by atoms with van der Waals surface area (Å²) in [6, 6.07) is 1.56. The van der Waals surface area contributed by atoms with E-state index in [0.717, 1.165) is 0 Å². The Hall–Kier alpha value is -1.29. The van der Waals surface area contributed by atoms with Gasteiger partial charge in [0.05, 0.1) is 17.4 Å². The SMILES string of the molecule is CC1CCCCC1CNC(=O)c1cc(N)cnc1Cl. The van der Waals surface area contributed by atoms with Gasteiger partial charge in [0.15, 0.2) is 0 Å². The van der Waals surface area contributed by atoms with E-state index in [4.69, 9.17) is 17.3 Å². The lowest BCUT2D eigenvalue weighted by Gasteiger charge is -2.28. The molecular weight excluding hydrogens is 262 g/mol. The molecule has 1 aromatic rings. The maximum Gasteiger partial charge on any atom is 0.254 e. The van der Waals surface area contributed by atoms with Crippen LogP contribution in [0.15, 0.2) is 12.3 Å². The van der Waals surface area contributed by atoms with Crippen LogP contribution in [0.5, 0.6) is 0 Å². The van der Waals surface area contributed by atoms with E-state index in [9.17, 15) is 4.79 Å². The molecule has 5 heteroatoms. The maximum atomic E-state index is 12.1. The smallest absolute Gasteiger partial charge is 0.254 e. The van der Waals surface area contributed by atoms with E-state index in [1.165, 1.54) is 31.9 Å². The van der Waals surface area contributed by atoms with Crippen molar-refractivity contribution in [2.24, 2.45) is 11.8 Å². The molecule has 1 aliphatic carbocycles. The number of amides is 1. The molecule has 0 spiro atoms. The van der Waals surface area contributed by atoms with Crippen molar-refractivity contribution in [3.63, 3.8) is 0 Å². The summed E-state index contributed by atoms with van der Waals surface area (Å²) in [7, 11) is 0. The minimum absolute atomic E-state index is 0.192. The third-order valence-corrected chi connectivity index (χ3v) is 4.22. The van der Waals surface area contributed by atoms with Crippen LogP contribution in [0.1, 0.15) is 43.0 Å². The zero-order valence-electron chi connectivity index (χ0n) is 11.2. The zero-order valence-corrected chi connectivity index (χ0v) is 11.9. The summed E-state index contributed by atoms with van der Waals surface area (Å²) in [5.41, 5.74) is 6.42. The summed E-state index contributed by atoms with van der Waals surface area (Å²) in [5, 5.41) is 3.15. The lowest BCUT2D eigenvalue weighted by atomic mass is 9.80. The van der Waals surface area contributed by atoms with Crippen LogP contribution < -0.4 is 11.1 Å². The first-order valence-electron chi connectivity index (χ1n) is 6.77. The number of pyridine rings is 1. The summed E-state index contributed by atoms with van der Waals surface area (Å²) in [5.74, 6) is 1.04. The molecule has 1 saturated carbocycles. The largest absolute Gasteiger partial charge is 0.397 e. The molecule has 1 amide bonds. The van der Waals surface area contributed by atoms with Crippen molar-refractivity contribution < 1.29 is 4.79 Å². The Bertz CT molecular complexity index is 464. The van der Waals surface area contributed by atoms with Crippen LogP contribution in [0.3, 0.4) is 0 Å². The molecule has 2 rings (SSSR count). The summed E-state index contributed by atoms with van der Waals surface area (Å²) in [6.45, 7) is 2.95. The summed E-state index contributed by atoms with van der Waals surface area (Å²) >= 11 is 5.91. The van der Waals surface area contributed by atoms with E-state index in [1.807, 2.05) is 0 Å². The van der Waals surface area contributed by atoms with Crippen molar-refractivity contribution in [2.45, 2.75) is 32.6 Å². The number of aromatic nitrogens is 1. The molecule has 0 aliphatic heterocycles. The second-order valence-electron chi connectivity index (χ2n) is 5.34. The predicted octanol–water partition coefficient (Wildman–Crippen LogP) is 2.87. The van der Waals surface area contributed by atoms with E-state index in [1.54, 1.807) is 6.07 Å². The molecule has 2 unspecified atom stereocenters. The van der Waals surface area contributed by atoms with Gasteiger partial charge in [0.25, 0.3) is 5.91 Å². The number of anilines is 1. The fraction of sp³-hybridized carbons (Fsp3) is 0.571. The first kappa shape index (κ1) is 14.1. The highest BCUT2D eigenvalue weighted by Crippen LogP contribution is 2.29. The first-order chi connectivity index (χ1) is 9.08. The summed E-state index contributed by atoms with van der Waals surface area (Å²) in [4.78, 5) is 16.0. The lowest BCUT2D eigenvalue weighted by molar-refractivity contribution is 0.0936. The van der Waals surface area contributed by atoms with Crippen molar-refractivity contribution in [1.29, 1.82) is 0 Å². The predicted molar refractivity (Wildman–Crippen MR) is 77.1 cm³/mol. The number of nitrogen functional groups attached to an aromatic ring is 1. The highest BCUT2D eigenvalue weighted by atomic mass is 35.5. The van der Waals surface area contributed by atoms with Gasteiger partial charge in [-0.1, -0.05) is 37.8 Å². The molecular formula is C14H20ClN3O. The standard InChI is InChI=1S/C14H20ClN3O/c1-9-4-2-3-5-10(9)7-18-14(19)12-6-11(16)8-17-13(12)15/h6,8-10H,2-5,7,16H2,1H3,(H,18,19). The molecule has 2 atom stereocenters. The number of rotatable bonds is 3. The molecule has 0 radical (unpaired) electrons. The number of halogens is 1. The second kappa shape index (κ2) is 6.24. The number of hydrogen-bond acceptors (Lipinski definition) is 3. The molecule has 1 aliphatic rings. The van der Waals surface area contributed by atoms with E-state index < -0.39 is 0 Å². The fourth-order valence-electron chi connectivity index (χ4n) is 2.64. The highest BCUT2D eigenvalue weighted by molar-refractivity contribution is 6.32. The Labute approximate surface area is 118 Å². The van der Waals surface area contributed by atoms with Gasteiger partial charge in [0.2, 0.25) is 0 Å². The van der Waals surface area contributed by atoms with Gasteiger partial charge >= 0.3 is 0 Å². The number of nitrogens with two attached hydrogens (primary N) is 1. The quantitative estimate of drug-likeness (QED) is 0.837. The van der Waals surface area contributed by atoms with Crippen molar-refractivity contribution in [2.75, 3.05) is 12.3 Å². The van der Waals surface area contributed by atoms with E-state index in [2.05, 4.69) is 17.2 Å². The maximum absolute atomic E-state index is 12.1. The van der Waals surface area contributed by atoms with Crippen LogP contribution in [0.2, 0.25) is 5.15 Å². The third-order valence-electron chi connectivity index (χ3n) is 3.92. The van der Waals surface area contributed by atoms with Crippen LogP contribution in [-0.4, -0.2) is 17.4 Å². The molecule has 4 nitrogen and oxygen atoms in total. The molecule has 1 heterocycles. The number of hydrogen-bond donors (Lipinski definition) is 2. The second-order valence-corrected chi connectivity index (χ2v) is 5.70. The Morgan fingerprint density at radius 2 is 2.26 bits per heavy atom. The minimum Gasteiger partial charge on any atom is -0.397 e. The molecule has 0 aromatic carbocycles. The molecule has 0 bridgehead atoms. The number of carbonyl (C=O) groups excluding carboxylic acids is 1. The molecule has 1 fully saturated rings. The molecule has 3 N–H and O–H groups in total. The van der Waals surface area contributed by atoms with Crippen LogP contribution in [0.25, 0.3) is 0 Å². The monoisotopic (exact) mass is 281 g/mol. The van der Waals surface area contributed by atoms with Gasteiger partial charge in [-0.2, -0.15) is 0 Å².